The maximum absolute atomic E-state index is 13.3. The van der Waals surface area contributed by atoms with Crippen LogP contribution < -0.4 is 19.7 Å². The molecule has 0 saturated carbocycles. The number of amides is 2. The second-order valence-corrected chi connectivity index (χ2v) is 7.61. The summed E-state index contributed by atoms with van der Waals surface area (Å²) in [6.45, 7) is 5.15. The number of carboxylic acid groups (broad SMARTS) is 1. The number of rotatable bonds is 6. The zero-order valence-corrected chi connectivity index (χ0v) is 18.8. The maximum atomic E-state index is 13.3. The molecule has 1 saturated heterocycles. The Morgan fingerprint density at radius 1 is 1.22 bits per heavy atom. The van der Waals surface area contributed by atoms with E-state index in [4.69, 9.17) is 21.7 Å². The predicted molar refractivity (Wildman–Crippen MR) is 123 cm³/mol. The maximum Gasteiger partial charge on any atom is 0.344 e. The number of carbonyl (C=O) groups is 3. The van der Waals surface area contributed by atoms with Crippen LogP contribution in [-0.2, 0) is 14.4 Å². The SMILES string of the molecule is COc1cccc(/C=C2\C(=O)NC(=S)N(c3ccc(C)cc3C)C2=O)c1O[C@@H](C)C(=O)O. The van der Waals surface area contributed by atoms with Crippen molar-refractivity contribution in [2.24, 2.45) is 0 Å². The molecule has 0 spiro atoms. The minimum atomic E-state index is -1.18. The first-order chi connectivity index (χ1) is 15.1. The average molecular weight is 455 g/mol. The molecule has 2 amide bonds. The van der Waals surface area contributed by atoms with E-state index in [0.29, 0.717) is 11.3 Å². The summed E-state index contributed by atoms with van der Waals surface area (Å²) in [4.78, 5) is 38.5. The highest BCUT2D eigenvalue weighted by atomic mass is 32.1. The molecule has 1 fully saturated rings. The molecule has 1 aliphatic rings. The topological polar surface area (TPSA) is 105 Å². The van der Waals surface area contributed by atoms with Gasteiger partial charge in [0.05, 0.1) is 12.8 Å². The van der Waals surface area contributed by atoms with Crippen molar-refractivity contribution in [2.45, 2.75) is 26.9 Å². The number of carboxylic acids is 1. The Morgan fingerprint density at radius 2 is 1.94 bits per heavy atom. The van der Waals surface area contributed by atoms with Gasteiger partial charge in [0, 0.05) is 5.56 Å². The molecule has 0 unspecified atom stereocenters. The second-order valence-electron chi connectivity index (χ2n) is 7.22. The van der Waals surface area contributed by atoms with Crippen LogP contribution in [-0.4, -0.2) is 41.2 Å². The van der Waals surface area contributed by atoms with Crippen molar-refractivity contribution in [2.75, 3.05) is 12.0 Å². The van der Waals surface area contributed by atoms with E-state index in [0.717, 1.165) is 11.1 Å². The number of methoxy groups -OCH3 is 1. The number of carbonyl (C=O) groups excluding carboxylic acids is 2. The quantitative estimate of drug-likeness (QED) is 0.393. The second kappa shape index (κ2) is 9.19. The molecule has 8 nitrogen and oxygen atoms in total. The lowest BCUT2D eigenvalue weighted by atomic mass is 10.0. The first kappa shape index (κ1) is 23.0. The molecule has 32 heavy (non-hydrogen) atoms. The third kappa shape index (κ3) is 4.47. The van der Waals surface area contributed by atoms with Crippen molar-refractivity contribution in [3.05, 3.63) is 58.7 Å². The fraction of sp³-hybridized carbons (Fsp3) is 0.217. The molecule has 0 aromatic heterocycles. The van der Waals surface area contributed by atoms with E-state index < -0.39 is 23.9 Å². The molecule has 2 N–H and O–H groups in total. The summed E-state index contributed by atoms with van der Waals surface area (Å²) in [5.41, 5.74) is 2.52. The highest BCUT2D eigenvalue weighted by Gasteiger charge is 2.35. The van der Waals surface area contributed by atoms with Gasteiger partial charge in [-0.1, -0.05) is 29.8 Å². The Bertz CT molecular complexity index is 1160. The monoisotopic (exact) mass is 454 g/mol. The summed E-state index contributed by atoms with van der Waals surface area (Å²) in [6.07, 6.45) is 0.154. The Balaban J connectivity index is 2.09. The van der Waals surface area contributed by atoms with Crippen LogP contribution in [0.3, 0.4) is 0 Å². The lowest BCUT2D eigenvalue weighted by Gasteiger charge is -2.30. The van der Waals surface area contributed by atoms with Gasteiger partial charge in [0.1, 0.15) is 5.57 Å². The Hall–Kier alpha value is -3.72. The molecular weight excluding hydrogens is 432 g/mol. The van der Waals surface area contributed by atoms with Crippen LogP contribution in [0.5, 0.6) is 11.5 Å². The van der Waals surface area contributed by atoms with Crippen molar-refractivity contribution >= 4 is 46.9 Å². The number of para-hydroxylation sites is 1. The van der Waals surface area contributed by atoms with E-state index in [9.17, 15) is 19.5 Å². The van der Waals surface area contributed by atoms with E-state index in [1.807, 2.05) is 26.0 Å². The number of ether oxygens (including phenoxy) is 2. The highest BCUT2D eigenvalue weighted by molar-refractivity contribution is 7.80. The zero-order chi connectivity index (χ0) is 23.6. The minimum Gasteiger partial charge on any atom is -0.493 e. The summed E-state index contributed by atoms with van der Waals surface area (Å²) >= 11 is 5.26. The van der Waals surface area contributed by atoms with Crippen molar-refractivity contribution < 1.29 is 29.0 Å². The molecule has 9 heteroatoms. The van der Waals surface area contributed by atoms with E-state index in [1.165, 1.54) is 25.0 Å². The molecule has 1 aliphatic heterocycles. The summed E-state index contributed by atoms with van der Waals surface area (Å²) in [5.74, 6) is -2.08. The lowest BCUT2D eigenvalue weighted by Crippen LogP contribution is -2.54. The van der Waals surface area contributed by atoms with Crippen LogP contribution in [0.2, 0.25) is 0 Å². The van der Waals surface area contributed by atoms with E-state index in [2.05, 4.69) is 5.32 Å². The molecule has 2 aromatic carbocycles. The molecule has 1 atom stereocenters. The Labute approximate surface area is 190 Å². The summed E-state index contributed by atoms with van der Waals surface area (Å²) in [5, 5.41) is 11.7. The molecular formula is C23H22N2O6S. The first-order valence-corrected chi connectivity index (χ1v) is 10.1. The number of hydrogen-bond acceptors (Lipinski definition) is 6. The number of nitrogens with zero attached hydrogens (tertiary/aromatic N) is 1. The van der Waals surface area contributed by atoms with Crippen molar-refractivity contribution in [1.29, 1.82) is 0 Å². The smallest absolute Gasteiger partial charge is 0.344 e. The molecule has 166 valence electrons. The largest absolute Gasteiger partial charge is 0.493 e. The van der Waals surface area contributed by atoms with E-state index in [-0.39, 0.29) is 22.2 Å². The van der Waals surface area contributed by atoms with Crippen LogP contribution in [0.1, 0.15) is 23.6 Å². The highest BCUT2D eigenvalue weighted by Crippen LogP contribution is 2.34. The first-order valence-electron chi connectivity index (χ1n) is 9.69. The standard InChI is InChI=1S/C23H22N2O6S/c1-12-8-9-17(13(2)10-12)25-21(27)16(20(26)24-23(25)32)11-15-6-5-7-18(30-4)19(15)31-14(3)22(28)29/h5-11,14H,1-4H3,(H,28,29)(H,24,26,32)/b16-11+/t14-/m0/s1. The normalized spacial score (nSPS) is 16.1. The van der Waals surface area contributed by atoms with Gasteiger partial charge < -0.3 is 14.6 Å². The summed E-state index contributed by atoms with van der Waals surface area (Å²) in [6, 6.07) is 10.3. The Kier molecular flexibility index (Phi) is 6.59. The van der Waals surface area contributed by atoms with Gasteiger partial charge in [0.25, 0.3) is 11.8 Å². The molecule has 2 aromatic rings. The fourth-order valence-corrected chi connectivity index (χ4v) is 3.52. The molecule has 0 radical (unpaired) electrons. The third-order valence-corrected chi connectivity index (χ3v) is 5.15. The van der Waals surface area contributed by atoms with Gasteiger partial charge in [-0.05, 0) is 56.8 Å². The van der Waals surface area contributed by atoms with Crippen molar-refractivity contribution in [3.8, 4) is 11.5 Å². The number of hydrogen-bond donors (Lipinski definition) is 2. The Morgan fingerprint density at radius 3 is 2.56 bits per heavy atom. The molecule has 1 heterocycles. The van der Waals surface area contributed by atoms with Crippen LogP contribution in [0.4, 0.5) is 5.69 Å². The van der Waals surface area contributed by atoms with Gasteiger partial charge >= 0.3 is 5.97 Å². The fourth-order valence-electron chi connectivity index (χ4n) is 3.25. The number of anilines is 1. The molecule has 0 bridgehead atoms. The van der Waals surface area contributed by atoms with Crippen LogP contribution in [0.25, 0.3) is 6.08 Å². The van der Waals surface area contributed by atoms with Gasteiger partial charge in [0.15, 0.2) is 22.7 Å². The van der Waals surface area contributed by atoms with Crippen molar-refractivity contribution in [3.63, 3.8) is 0 Å². The van der Waals surface area contributed by atoms with Crippen LogP contribution in [0.15, 0.2) is 42.0 Å². The number of benzene rings is 2. The number of thiocarbonyl (C=S) groups is 1. The minimum absolute atomic E-state index is 0.0225. The van der Waals surface area contributed by atoms with Gasteiger partial charge in [0.2, 0.25) is 0 Å². The van der Waals surface area contributed by atoms with Gasteiger partial charge in [-0.15, -0.1) is 0 Å². The van der Waals surface area contributed by atoms with Gasteiger partial charge in [-0.3, -0.25) is 19.8 Å². The molecule has 3 rings (SSSR count). The van der Waals surface area contributed by atoms with E-state index >= 15 is 0 Å². The van der Waals surface area contributed by atoms with Gasteiger partial charge in [-0.25, -0.2) is 4.79 Å². The zero-order valence-electron chi connectivity index (χ0n) is 18.0. The lowest BCUT2D eigenvalue weighted by molar-refractivity contribution is -0.144. The van der Waals surface area contributed by atoms with Gasteiger partial charge in [-0.2, -0.15) is 0 Å². The molecule has 0 aliphatic carbocycles. The predicted octanol–water partition coefficient (Wildman–Crippen LogP) is 3.00. The van der Waals surface area contributed by atoms with Crippen molar-refractivity contribution in [1.82, 2.24) is 5.32 Å². The number of nitrogens with one attached hydrogen (secondary N) is 1. The van der Waals surface area contributed by atoms with E-state index in [1.54, 1.807) is 24.3 Å². The number of aryl methyl sites for hydroxylation is 2. The average Bonchev–Trinajstić information content (AvgIpc) is 2.73. The number of aliphatic carboxylic acids is 1. The summed E-state index contributed by atoms with van der Waals surface area (Å²) in [7, 11) is 1.41. The van der Waals surface area contributed by atoms with Crippen LogP contribution >= 0.6 is 12.2 Å². The third-order valence-electron chi connectivity index (χ3n) is 4.87. The van der Waals surface area contributed by atoms with Crippen LogP contribution in [0, 0.1) is 13.8 Å². The summed E-state index contributed by atoms with van der Waals surface area (Å²) < 4.78 is 10.8.